The normalized spacial score (nSPS) is 61.2. The van der Waals surface area contributed by atoms with Crippen LogP contribution >= 0.6 is 61.2 Å². The van der Waals surface area contributed by atoms with Crippen molar-refractivity contribution < 1.29 is 47.3 Å². The van der Waals surface area contributed by atoms with E-state index < -0.39 is 5.60 Å². The molecule has 7 nitrogen and oxygen atoms in total. The number of carbonyl (C=O) groups is 3. The molecule has 0 radical (unpaired) electrons. The Morgan fingerprint density at radius 2 is 1.17 bits per heavy atom. The average Bonchev–Trinajstić information content (AvgIpc) is 4.04. The van der Waals surface area contributed by atoms with Gasteiger partial charge in [-0.15, -0.1) is 24.0 Å². The summed E-state index contributed by atoms with van der Waals surface area (Å²) in [6.07, 6.45) is 18.9. The molecule has 2 saturated heterocycles. The van der Waals surface area contributed by atoms with Gasteiger partial charge in [-0.2, -0.15) is 0 Å². The summed E-state index contributed by atoms with van der Waals surface area (Å²) in [5.41, 5.74) is 1.10. The summed E-state index contributed by atoms with van der Waals surface area (Å²) < 4.78 is 12.4. The van der Waals surface area contributed by atoms with Gasteiger partial charge in [0.15, 0.2) is 5.78 Å². The van der Waals surface area contributed by atoms with E-state index in [2.05, 4.69) is 71.0 Å². The van der Waals surface area contributed by atoms with Crippen molar-refractivity contribution in [2.24, 2.45) is 105 Å². The van der Waals surface area contributed by atoms with Gasteiger partial charge < -0.3 is 19.7 Å². The molecule has 11 saturated carbocycles. The van der Waals surface area contributed by atoms with Crippen molar-refractivity contribution in [2.75, 3.05) is 0 Å². The SMILES string of the molecule is C[C@]12CCC(=O)C=C1[C@@H]1C[C@@H]1C1C2CC[C@@]2(C)C1[C@@H]1C[C@@H]1[C@@]21CCC(=O)O1.C[C@]12CCC3C(C1[C@@H]1C[C@@H]1[C@@]21CCC(=O)O1)[C@H]1C[C@H]1[C@]1(O)C[C@@H](O)CC[C@]31C.I.I[I-]I. The molecule has 2 heterocycles. The number of aliphatic hydroxyl groups is 2. The summed E-state index contributed by atoms with van der Waals surface area (Å²) in [7, 11) is 0. The second kappa shape index (κ2) is 13.6. The van der Waals surface area contributed by atoms with Crippen molar-refractivity contribution in [1.82, 2.24) is 0 Å². The van der Waals surface area contributed by atoms with Crippen LogP contribution in [0.15, 0.2) is 11.6 Å². The first-order valence-corrected chi connectivity index (χ1v) is 36.1. The molecule has 0 amide bonds. The fourth-order valence-corrected chi connectivity index (χ4v) is 20.3. The topological polar surface area (TPSA) is 110 Å². The molecule has 11 heteroatoms. The number of ketones is 1. The molecule has 13 fully saturated rings. The molecule has 2 N–H and O–H groups in total. The van der Waals surface area contributed by atoms with Gasteiger partial charge in [0.2, 0.25) is 0 Å². The molecule has 0 aromatic heterocycles. The number of hydrogen-bond donors (Lipinski definition) is 2. The van der Waals surface area contributed by atoms with Crippen molar-refractivity contribution in [1.29, 1.82) is 0 Å². The Kier molecular flexibility index (Phi) is 9.90. The maximum atomic E-state index is 12.2. The fraction of sp³-hybridized carbons (Fsp3) is 0.896. The molecule has 2 aliphatic heterocycles. The maximum absolute atomic E-state index is 12.2. The van der Waals surface area contributed by atoms with Crippen molar-refractivity contribution >= 4 is 78.9 Å². The second-order valence-electron chi connectivity index (χ2n) is 23.9. The van der Waals surface area contributed by atoms with Gasteiger partial charge in [-0.1, -0.05) is 33.3 Å². The summed E-state index contributed by atoms with van der Waals surface area (Å²) in [5.74, 6) is 9.98. The van der Waals surface area contributed by atoms with Gasteiger partial charge in [0, 0.05) is 48.3 Å². The van der Waals surface area contributed by atoms with E-state index in [0.29, 0.717) is 85.6 Å². The predicted molar refractivity (Wildman–Crippen MR) is 245 cm³/mol. The van der Waals surface area contributed by atoms with Gasteiger partial charge in [-0.25, -0.2) is 0 Å². The Morgan fingerprint density at radius 1 is 0.644 bits per heavy atom. The zero-order chi connectivity index (χ0) is 40.3. The van der Waals surface area contributed by atoms with Gasteiger partial charge in [0.25, 0.3) is 0 Å². The molecule has 328 valence electrons. The van der Waals surface area contributed by atoms with Crippen LogP contribution in [0.4, 0.5) is 0 Å². The summed E-state index contributed by atoms with van der Waals surface area (Å²) in [6, 6.07) is 0. The average molecular weight is 1260 g/mol. The van der Waals surface area contributed by atoms with Gasteiger partial charge in [-0.3, -0.25) is 14.4 Å². The molecule has 0 aromatic carbocycles. The Morgan fingerprint density at radius 3 is 1.73 bits per heavy atom. The standard InChI is InChI=1S/C24H34O4.C24H30O3.I3.HI/c1-21-6-3-12(25)11-23(21,27)16-9-13(16)19-15(21)4-7-22(2)20(19)14-10-17(14)24(22)8-5-18(26)28-24;1-22-6-3-12(25)9-17(22)13-10-14(13)20-16(22)4-7-23(2)21(20)15-11-18(15)24(23)8-5-19(26)27-24;1-3-2;/h12-17,19-20,25,27H,3-11H2,1-2H3;9,13-16,18,20-21H,3-8,10-11H2,1-2H3;;1H/q;;-1;/t12-,13-,14+,15?,16+,17-,19?,20?,21+,22-,23+,24-;13-,14+,15-,16?,18+,20?,21?,22-,23+,24+;;/m01../s1. The second-order valence-corrected chi connectivity index (χ2v) is 40.1. The summed E-state index contributed by atoms with van der Waals surface area (Å²) in [6.45, 7) is 9.81. The molecule has 14 rings (SSSR count). The third-order valence-electron chi connectivity index (χ3n) is 22.6. The Labute approximate surface area is 398 Å². The molecular formula is C48H65I4O7-. The van der Waals surface area contributed by atoms with E-state index in [1.807, 2.05) is 0 Å². The fourth-order valence-electron chi connectivity index (χ4n) is 20.3. The third kappa shape index (κ3) is 5.30. The number of esters is 2. The van der Waals surface area contributed by atoms with Crippen LogP contribution in [0.25, 0.3) is 0 Å². The van der Waals surface area contributed by atoms with Crippen molar-refractivity contribution in [3.63, 3.8) is 0 Å². The zero-order valence-electron chi connectivity index (χ0n) is 35.2. The van der Waals surface area contributed by atoms with Crippen LogP contribution < -0.4 is 13.3 Å². The minimum atomic E-state index is -0.663. The molecule has 22 atom stereocenters. The minimum absolute atomic E-state index is 0. The van der Waals surface area contributed by atoms with E-state index in [1.165, 1.54) is 37.7 Å². The summed E-state index contributed by atoms with van der Waals surface area (Å²) in [5, 5.41) is 22.2. The number of hydrogen-bond acceptors (Lipinski definition) is 7. The van der Waals surface area contributed by atoms with E-state index in [1.54, 1.807) is 0 Å². The Bertz CT molecular complexity index is 1910. The monoisotopic (exact) mass is 1260 g/mol. The Hall–Kier alpha value is 1.19. The molecule has 2 spiro atoms. The number of ether oxygens (including phenoxy) is 2. The van der Waals surface area contributed by atoms with Crippen LogP contribution in [0, 0.1) is 105 Å². The molecule has 12 aliphatic carbocycles. The third-order valence-corrected chi connectivity index (χ3v) is 22.6. The van der Waals surface area contributed by atoms with Crippen LogP contribution in [0.3, 0.4) is 0 Å². The van der Waals surface area contributed by atoms with E-state index >= 15 is 0 Å². The van der Waals surface area contributed by atoms with E-state index in [4.69, 9.17) is 9.47 Å². The van der Waals surface area contributed by atoms with Crippen LogP contribution in [0.5, 0.6) is 0 Å². The number of aliphatic hydroxyl groups excluding tert-OH is 1. The van der Waals surface area contributed by atoms with Crippen molar-refractivity contribution in [3.8, 4) is 0 Å². The number of carbonyl (C=O) groups excluding carboxylic acids is 3. The Balaban J connectivity index is 0.000000124. The zero-order valence-corrected chi connectivity index (χ0v) is 44.0. The van der Waals surface area contributed by atoms with Gasteiger partial charge >= 0.3 is 62.4 Å². The van der Waals surface area contributed by atoms with E-state index in [9.17, 15) is 24.6 Å². The van der Waals surface area contributed by atoms with Crippen LogP contribution in [0.2, 0.25) is 0 Å². The van der Waals surface area contributed by atoms with E-state index in [0.717, 1.165) is 93.3 Å². The molecule has 6 unspecified atom stereocenters. The predicted octanol–water partition coefficient (Wildman–Crippen LogP) is 6.99. The van der Waals surface area contributed by atoms with Crippen LogP contribution in [-0.4, -0.2) is 50.8 Å². The quantitative estimate of drug-likeness (QED) is 0.199. The number of fused-ring (bicyclic) bond motifs is 24. The summed E-state index contributed by atoms with van der Waals surface area (Å²) in [4.78, 5) is 36.5. The van der Waals surface area contributed by atoms with Crippen molar-refractivity contribution in [3.05, 3.63) is 11.6 Å². The van der Waals surface area contributed by atoms with Crippen LogP contribution in [-0.2, 0) is 23.9 Å². The van der Waals surface area contributed by atoms with Crippen LogP contribution in [0.1, 0.15) is 137 Å². The first-order chi connectivity index (χ1) is 27.6. The number of halogens is 4. The number of rotatable bonds is 0. The summed E-state index contributed by atoms with van der Waals surface area (Å²) >= 11 is 5.30. The molecule has 0 aromatic rings. The van der Waals surface area contributed by atoms with Crippen molar-refractivity contribution in [2.45, 2.75) is 160 Å². The first-order valence-electron chi connectivity index (χ1n) is 23.5. The molecule has 14 aliphatic rings. The van der Waals surface area contributed by atoms with Gasteiger partial charge in [-0.05, 0) is 171 Å². The molecular weight excluding hydrogens is 1200 g/mol. The number of allylic oxidation sites excluding steroid dienone is 1. The molecule has 0 bridgehead atoms. The van der Waals surface area contributed by atoms with Gasteiger partial charge in [0.1, 0.15) is 11.2 Å². The van der Waals surface area contributed by atoms with E-state index in [-0.39, 0.29) is 74.9 Å². The first kappa shape index (κ1) is 42.8. The molecule has 59 heavy (non-hydrogen) atoms. The van der Waals surface area contributed by atoms with Gasteiger partial charge in [0.05, 0.1) is 11.7 Å².